The van der Waals surface area contributed by atoms with Crippen LogP contribution in [0.2, 0.25) is 0 Å². The van der Waals surface area contributed by atoms with Gasteiger partial charge < -0.3 is 10.4 Å². The third kappa shape index (κ3) is 3.56. The van der Waals surface area contributed by atoms with E-state index in [1.54, 1.807) is 0 Å². The summed E-state index contributed by atoms with van der Waals surface area (Å²) < 4.78 is 0. The summed E-state index contributed by atoms with van der Waals surface area (Å²) in [4.78, 5) is 26.7. The lowest BCUT2D eigenvalue weighted by Crippen LogP contribution is -2.35. The van der Waals surface area contributed by atoms with Gasteiger partial charge in [-0.25, -0.2) is 9.78 Å². The maximum absolute atomic E-state index is 12.1. The standard InChI is InChI=1S/C18H18N2O3/c21-17(14-6-7-19-16(10-14)18(22)23)20-11-12-8-15(9-12)13-4-2-1-3-5-13/h1-7,10,12,15H,8-9,11H2,(H,20,21)(H,22,23). The van der Waals surface area contributed by atoms with Crippen molar-refractivity contribution < 1.29 is 14.7 Å². The Balaban J connectivity index is 1.49. The van der Waals surface area contributed by atoms with Crippen molar-refractivity contribution >= 4 is 11.9 Å². The number of carbonyl (C=O) groups is 2. The van der Waals surface area contributed by atoms with Crippen LogP contribution in [0, 0.1) is 5.92 Å². The van der Waals surface area contributed by atoms with E-state index < -0.39 is 5.97 Å². The maximum atomic E-state index is 12.1. The van der Waals surface area contributed by atoms with Crippen LogP contribution in [-0.4, -0.2) is 28.5 Å². The fourth-order valence-electron chi connectivity index (χ4n) is 2.93. The lowest BCUT2D eigenvalue weighted by molar-refractivity contribution is 0.0690. The zero-order chi connectivity index (χ0) is 16.2. The first-order valence-corrected chi connectivity index (χ1v) is 7.66. The van der Waals surface area contributed by atoms with Gasteiger partial charge in [-0.15, -0.1) is 0 Å². The molecule has 1 aliphatic rings. The van der Waals surface area contributed by atoms with Gasteiger partial charge in [0.1, 0.15) is 5.69 Å². The molecule has 1 saturated carbocycles. The summed E-state index contributed by atoms with van der Waals surface area (Å²) >= 11 is 0. The number of benzene rings is 1. The molecule has 2 N–H and O–H groups in total. The number of carbonyl (C=O) groups excluding carboxylic acids is 1. The molecule has 3 rings (SSSR count). The highest BCUT2D eigenvalue weighted by Gasteiger charge is 2.30. The second-order valence-corrected chi connectivity index (χ2v) is 5.89. The van der Waals surface area contributed by atoms with Crippen molar-refractivity contribution in [1.29, 1.82) is 0 Å². The lowest BCUT2D eigenvalue weighted by atomic mass is 9.71. The summed E-state index contributed by atoms with van der Waals surface area (Å²) in [6, 6.07) is 13.2. The molecule has 0 radical (unpaired) electrons. The Kier molecular flexibility index (Phi) is 4.37. The molecule has 1 aromatic heterocycles. The molecule has 23 heavy (non-hydrogen) atoms. The van der Waals surface area contributed by atoms with E-state index in [1.807, 2.05) is 18.2 Å². The quantitative estimate of drug-likeness (QED) is 0.890. The van der Waals surface area contributed by atoms with Crippen LogP contribution in [0.1, 0.15) is 45.2 Å². The van der Waals surface area contributed by atoms with Gasteiger partial charge in [-0.1, -0.05) is 30.3 Å². The van der Waals surface area contributed by atoms with Crippen molar-refractivity contribution in [3.8, 4) is 0 Å². The van der Waals surface area contributed by atoms with Gasteiger partial charge in [-0.2, -0.15) is 0 Å². The van der Waals surface area contributed by atoms with Crippen molar-refractivity contribution in [2.75, 3.05) is 6.54 Å². The highest BCUT2D eigenvalue weighted by atomic mass is 16.4. The molecule has 0 saturated heterocycles. The summed E-state index contributed by atoms with van der Waals surface area (Å²) in [6.07, 6.45) is 3.48. The normalized spacial score (nSPS) is 19.7. The van der Waals surface area contributed by atoms with Crippen LogP contribution in [0.4, 0.5) is 0 Å². The highest BCUT2D eigenvalue weighted by molar-refractivity contribution is 5.96. The maximum Gasteiger partial charge on any atom is 0.354 e. The van der Waals surface area contributed by atoms with E-state index in [9.17, 15) is 9.59 Å². The van der Waals surface area contributed by atoms with E-state index in [2.05, 4.69) is 22.4 Å². The van der Waals surface area contributed by atoms with E-state index >= 15 is 0 Å². The Bertz CT molecular complexity index is 709. The Hall–Kier alpha value is -2.69. The molecular weight excluding hydrogens is 292 g/mol. The molecule has 1 aromatic carbocycles. The third-order valence-electron chi connectivity index (χ3n) is 4.30. The second-order valence-electron chi connectivity index (χ2n) is 5.89. The van der Waals surface area contributed by atoms with Crippen LogP contribution >= 0.6 is 0 Å². The first kappa shape index (κ1) is 15.2. The van der Waals surface area contributed by atoms with Crippen LogP contribution in [0.25, 0.3) is 0 Å². The van der Waals surface area contributed by atoms with E-state index in [0.29, 0.717) is 23.9 Å². The molecule has 1 fully saturated rings. The molecular formula is C18H18N2O3. The van der Waals surface area contributed by atoms with E-state index in [0.717, 1.165) is 12.8 Å². The number of hydrogen-bond acceptors (Lipinski definition) is 3. The summed E-state index contributed by atoms with van der Waals surface area (Å²) in [5.41, 5.74) is 1.57. The zero-order valence-corrected chi connectivity index (χ0v) is 12.6. The molecule has 0 aliphatic heterocycles. The minimum atomic E-state index is -1.13. The molecule has 0 unspecified atom stereocenters. The monoisotopic (exact) mass is 310 g/mol. The average molecular weight is 310 g/mol. The second kappa shape index (κ2) is 6.60. The molecule has 1 heterocycles. The summed E-state index contributed by atoms with van der Waals surface area (Å²) in [5, 5.41) is 11.8. The van der Waals surface area contributed by atoms with Crippen LogP contribution in [0.15, 0.2) is 48.7 Å². The van der Waals surface area contributed by atoms with Gasteiger partial charge in [-0.05, 0) is 42.4 Å². The van der Waals surface area contributed by atoms with Crippen LogP contribution in [-0.2, 0) is 0 Å². The van der Waals surface area contributed by atoms with Crippen LogP contribution in [0.5, 0.6) is 0 Å². The predicted molar refractivity (Wildman–Crippen MR) is 85.4 cm³/mol. The Labute approximate surface area is 134 Å². The molecule has 2 aromatic rings. The number of hydrogen-bond donors (Lipinski definition) is 2. The summed E-state index contributed by atoms with van der Waals surface area (Å²) in [5.74, 6) is -0.329. The topological polar surface area (TPSA) is 79.3 Å². The number of rotatable bonds is 5. The van der Waals surface area contributed by atoms with Gasteiger partial charge in [0.25, 0.3) is 5.91 Å². The zero-order valence-electron chi connectivity index (χ0n) is 12.6. The predicted octanol–water partition coefficient (Wildman–Crippen LogP) is 2.70. The molecule has 0 atom stereocenters. The van der Waals surface area contributed by atoms with Crippen molar-refractivity contribution in [3.63, 3.8) is 0 Å². The largest absolute Gasteiger partial charge is 0.477 e. The van der Waals surface area contributed by atoms with Crippen LogP contribution < -0.4 is 5.32 Å². The van der Waals surface area contributed by atoms with Gasteiger partial charge in [0.05, 0.1) is 0 Å². The number of aromatic carboxylic acids is 1. The first-order chi connectivity index (χ1) is 11.1. The van der Waals surface area contributed by atoms with Crippen molar-refractivity contribution in [2.24, 2.45) is 5.92 Å². The Morgan fingerprint density at radius 3 is 2.61 bits per heavy atom. The average Bonchev–Trinajstić information content (AvgIpc) is 2.54. The third-order valence-corrected chi connectivity index (χ3v) is 4.30. The number of carboxylic acid groups (broad SMARTS) is 1. The first-order valence-electron chi connectivity index (χ1n) is 7.66. The fraction of sp³-hybridized carbons (Fsp3) is 0.278. The minimum absolute atomic E-state index is 0.120. The fourth-order valence-corrected chi connectivity index (χ4v) is 2.93. The molecule has 1 amide bonds. The summed E-state index contributed by atoms with van der Waals surface area (Å²) in [6.45, 7) is 0.618. The van der Waals surface area contributed by atoms with Gasteiger partial charge in [0.2, 0.25) is 0 Å². The molecule has 1 aliphatic carbocycles. The number of amides is 1. The molecule has 0 spiro atoms. The lowest BCUT2D eigenvalue weighted by Gasteiger charge is -2.35. The molecule has 0 bridgehead atoms. The number of aromatic nitrogens is 1. The Morgan fingerprint density at radius 2 is 1.91 bits per heavy atom. The Morgan fingerprint density at radius 1 is 1.17 bits per heavy atom. The van der Waals surface area contributed by atoms with Crippen molar-refractivity contribution in [1.82, 2.24) is 10.3 Å². The van der Waals surface area contributed by atoms with Crippen molar-refractivity contribution in [3.05, 3.63) is 65.5 Å². The van der Waals surface area contributed by atoms with Gasteiger partial charge in [0.15, 0.2) is 0 Å². The van der Waals surface area contributed by atoms with E-state index in [1.165, 1.54) is 23.9 Å². The van der Waals surface area contributed by atoms with Crippen LogP contribution in [0.3, 0.4) is 0 Å². The summed E-state index contributed by atoms with van der Waals surface area (Å²) in [7, 11) is 0. The highest BCUT2D eigenvalue weighted by Crippen LogP contribution is 2.40. The minimum Gasteiger partial charge on any atom is -0.477 e. The molecule has 118 valence electrons. The van der Waals surface area contributed by atoms with Gasteiger partial charge in [-0.3, -0.25) is 4.79 Å². The number of nitrogens with one attached hydrogen (secondary N) is 1. The molecule has 5 heteroatoms. The van der Waals surface area contributed by atoms with Crippen molar-refractivity contribution in [2.45, 2.75) is 18.8 Å². The number of carboxylic acids is 1. The van der Waals surface area contributed by atoms with E-state index in [4.69, 9.17) is 5.11 Å². The van der Waals surface area contributed by atoms with E-state index in [-0.39, 0.29) is 11.6 Å². The SMILES string of the molecule is O=C(NCC1CC(c2ccccc2)C1)c1ccnc(C(=O)O)c1. The smallest absolute Gasteiger partial charge is 0.354 e. The van der Waals surface area contributed by atoms with Gasteiger partial charge in [0, 0.05) is 18.3 Å². The number of nitrogens with zero attached hydrogens (tertiary/aromatic N) is 1. The molecule has 5 nitrogen and oxygen atoms in total. The van der Waals surface area contributed by atoms with Gasteiger partial charge >= 0.3 is 5.97 Å². The number of pyridine rings is 1.